The Hall–Kier alpha value is -4.45. The smallest absolute Gasteiger partial charge is 0.306 e. The number of rotatable bonds is 42. The SMILES string of the molecule is CC/C=C/C=C/C=C/C=C/CCCCCC(=O)OCC(COC(=O)CCCCCCC/C=C/C=C/C=C/C=C/CCCCC)OC(=O)CCCCCC/C=C/C/C=C/C/C=C/CC. The molecule has 0 spiro atoms. The van der Waals surface area contributed by atoms with Crippen molar-refractivity contribution in [3.05, 3.63) is 134 Å². The van der Waals surface area contributed by atoms with Crippen LogP contribution in [0.5, 0.6) is 0 Å². The molecule has 0 radical (unpaired) electrons. The lowest BCUT2D eigenvalue weighted by atomic mass is 10.1. The number of carbonyl (C=O) groups excluding carboxylic acids is 3. The van der Waals surface area contributed by atoms with Crippen LogP contribution in [0.1, 0.15) is 188 Å². The van der Waals surface area contributed by atoms with Gasteiger partial charge in [0.25, 0.3) is 0 Å². The molecule has 0 aliphatic rings. The molecule has 0 saturated carbocycles. The van der Waals surface area contributed by atoms with Crippen LogP contribution < -0.4 is 0 Å². The highest BCUT2D eigenvalue weighted by Crippen LogP contribution is 2.12. The molecule has 0 fully saturated rings. The maximum absolute atomic E-state index is 12.8. The van der Waals surface area contributed by atoms with Crippen LogP contribution in [-0.2, 0) is 28.6 Å². The van der Waals surface area contributed by atoms with E-state index >= 15 is 0 Å². The Bertz CT molecular complexity index is 1420. The molecular formula is C57H88O6. The zero-order valence-electron chi connectivity index (χ0n) is 40.0. The largest absolute Gasteiger partial charge is 0.462 e. The molecule has 0 aliphatic heterocycles. The highest BCUT2D eigenvalue weighted by molar-refractivity contribution is 5.71. The molecule has 0 rings (SSSR count). The van der Waals surface area contributed by atoms with Crippen molar-refractivity contribution in [2.45, 2.75) is 194 Å². The number of carbonyl (C=O) groups is 3. The predicted molar refractivity (Wildman–Crippen MR) is 269 cm³/mol. The van der Waals surface area contributed by atoms with E-state index in [1.54, 1.807) is 0 Å². The van der Waals surface area contributed by atoms with Crippen molar-refractivity contribution in [1.82, 2.24) is 0 Å². The Morgan fingerprint density at radius 2 is 0.698 bits per heavy atom. The average molecular weight is 869 g/mol. The molecule has 63 heavy (non-hydrogen) atoms. The first-order valence-electron chi connectivity index (χ1n) is 24.8. The van der Waals surface area contributed by atoms with Gasteiger partial charge in [0.15, 0.2) is 6.10 Å². The first-order chi connectivity index (χ1) is 31.0. The van der Waals surface area contributed by atoms with E-state index in [2.05, 4.69) is 118 Å². The molecule has 0 aromatic carbocycles. The van der Waals surface area contributed by atoms with Crippen LogP contribution in [0.4, 0.5) is 0 Å². The monoisotopic (exact) mass is 869 g/mol. The van der Waals surface area contributed by atoms with E-state index in [1.165, 1.54) is 19.3 Å². The third-order valence-corrected chi connectivity index (χ3v) is 9.81. The Kier molecular flexibility index (Phi) is 46.7. The first-order valence-corrected chi connectivity index (χ1v) is 24.8. The second-order valence-corrected chi connectivity index (χ2v) is 15.8. The van der Waals surface area contributed by atoms with Crippen molar-refractivity contribution in [3.8, 4) is 0 Å². The topological polar surface area (TPSA) is 78.9 Å². The van der Waals surface area contributed by atoms with Crippen LogP contribution in [0.2, 0.25) is 0 Å². The summed E-state index contributed by atoms with van der Waals surface area (Å²) in [6.07, 6.45) is 70.0. The summed E-state index contributed by atoms with van der Waals surface area (Å²) in [4.78, 5) is 37.9. The molecule has 0 aromatic heterocycles. The summed E-state index contributed by atoms with van der Waals surface area (Å²) < 4.78 is 16.7. The maximum Gasteiger partial charge on any atom is 0.306 e. The fourth-order valence-corrected chi connectivity index (χ4v) is 6.12. The van der Waals surface area contributed by atoms with Crippen LogP contribution in [-0.4, -0.2) is 37.2 Å². The third kappa shape index (κ3) is 48.4. The van der Waals surface area contributed by atoms with Gasteiger partial charge in [0.2, 0.25) is 0 Å². The lowest BCUT2D eigenvalue weighted by Crippen LogP contribution is -2.30. The molecule has 0 bridgehead atoms. The second-order valence-electron chi connectivity index (χ2n) is 15.8. The van der Waals surface area contributed by atoms with Crippen LogP contribution >= 0.6 is 0 Å². The Balaban J connectivity index is 4.55. The van der Waals surface area contributed by atoms with Crippen LogP contribution in [0.25, 0.3) is 0 Å². The number of hydrogen-bond acceptors (Lipinski definition) is 6. The molecule has 1 atom stereocenters. The molecule has 0 heterocycles. The van der Waals surface area contributed by atoms with E-state index in [-0.39, 0.29) is 37.5 Å². The molecule has 352 valence electrons. The number of unbranched alkanes of at least 4 members (excludes halogenated alkanes) is 15. The van der Waals surface area contributed by atoms with E-state index in [4.69, 9.17) is 14.2 Å². The highest BCUT2D eigenvalue weighted by Gasteiger charge is 2.19. The molecule has 0 aliphatic carbocycles. The standard InChI is InChI=1S/C57H88O6/c1-4-7-10-13-16-19-22-25-27-28-29-30-33-35-38-41-44-47-50-56(59)62-53-54(52-61-55(58)49-46-43-40-37-34-31-24-21-18-15-12-9-6-3)63-57(60)51-48-45-42-39-36-32-26-23-20-17-14-11-8-5-2/h8-9,11-12,15-22,24-32,34,54H,4-7,10,13-14,23,33,35-53H2,1-3H3/b11-8+,12-9+,18-15+,19-16+,20-17+,24-21+,25-22+,28-27+,30-29+,32-26+,34-31+. The van der Waals surface area contributed by atoms with Crippen molar-refractivity contribution < 1.29 is 28.6 Å². The van der Waals surface area contributed by atoms with Crippen molar-refractivity contribution in [2.75, 3.05) is 13.2 Å². The van der Waals surface area contributed by atoms with Crippen LogP contribution in [0.15, 0.2) is 134 Å². The van der Waals surface area contributed by atoms with E-state index in [9.17, 15) is 14.4 Å². The van der Waals surface area contributed by atoms with Crippen molar-refractivity contribution >= 4 is 17.9 Å². The molecule has 0 aromatic rings. The minimum absolute atomic E-state index is 0.118. The quantitative estimate of drug-likeness (QED) is 0.0200. The van der Waals surface area contributed by atoms with Gasteiger partial charge in [-0.1, -0.05) is 206 Å². The van der Waals surface area contributed by atoms with Gasteiger partial charge in [-0.15, -0.1) is 0 Å². The lowest BCUT2D eigenvalue weighted by Gasteiger charge is -2.18. The summed E-state index contributed by atoms with van der Waals surface area (Å²) in [7, 11) is 0. The average Bonchev–Trinajstić information content (AvgIpc) is 3.28. The summed E-state index contributed by atoms with van der Waals surface area (Å²) in [6, 6.07) is 0. The molecule has 0 amide bonds. The predicted octanol–water partition coefficient (Wildman–Crippen LogP) is 16.3. The fraction of sp³-hybridized carbons (Fsp3) is 0.561. The molecule has 6 nitrogen and oxygen atoms in total. The van der Waals surface area contributed by atoms with Crippen molar-refractivity contribution in [1.29, 1.82) is 0 Å². The van der Waals surface area contributed by atoms with E-state index < -0.39 is 6.10 Å². The Morgan fingerprint density at radius 1 is 0.349 bits per heavy atom. The fourth-order valence-electron chi connectivity index (χ4n) is 6.12. The zero-order chi connectivity index (χ0) is 45.8. The summed E-state index contributed by atoms with van der Waals surface area (Å²) in [5.41, 5.74) is 0. The minimum Gasteiger partial charge on any atom is -0.462 e. The van der Waals surface area contributed by atoms with Crippen LogP contribution in [0, 0.1) is 0 Å². The van der Waals surface area contributed by atoms with E-state index in [1.807, 2.05) is 36.5 Å². The number of esters is 3. The van der Waals surface area contributed by atoms with Gasteiger partial charge in [-0.25, -0.2) is 0 Å². The van der Waals surface area contributed by atoms with Crippen molar-refractivity contribution in [3.63, 3.8) is 0 Å². The second kappa shape index (κ2) is 50.2. The number of ether oxygens (including phenoxy) is 3. The van der Waals surface area contributed by atoms with Gasteiger partial charge >= 0.3 is 17.9 Å². The first kappa shape index (κ1) is 58.6. The molecule has 1 unspecified atom stereocenters. The van der Waals surface area contributed by atoms with E-state index in [0.717, 1.165) is 128 Å². The van der Waals surface area contributed by atoms with Gasteiger partial charge in [0.05, 0.1) is 0 Å². The van der Waals surface area contributed by atoms with Gasteiger partial charge in [-0.05, 0) is 96.3 Å². The van der Waals surface area contributed by atoms with E-state index in [0.29, 0.717) is 12.8 Å². The molecule has 6 heteroatoms. The molecule has 0 N–H and O–H groups in total. The van der Waals surface area contributed by atoms with Crippen molar-refractivity contribution in [2.24, 2.45) is 0 Å². The van der Waals surface area contributed by atoms with Gasteiger partial charge in [0, 0.05) is 19.3 Å². The maximum atomic E-state index is 12.8. The molecular weight excluding hydrogens is 781 g/mol. The summed E-state index contributed by atoms with van der Waals surface area (Å²) in [5, 5.41) is 0. The summed E-state index contributed by atoms with van der Waals surface area (Å²) in [5.74, 6) is -1.01. The van der Waals surface area contributed by atoms with Gasteiger partial charge < -0.3 is 14.2 Å². The minimum atomic E-state index is -0.820. The van der Waals surface area contributed by atoms with Crippen LogP contribution in [0.3, 0.4) is 0 Å². The normalized spacial score (nSPS) is 13.3. The molecule has 0 saturated heterocycles. The summed E-state index contributed by atoms with van der Waals surface area (Å²) in [6.45, 7) is 6.24. The lowest BCUT2D eigenvalue weighted by molar-refractivity contribution is -0.167. The number of allylic oxidation sites excluding steroid dienone is 22. The zero-order valence-corrected chi connectivity index (χ0v) is 40.0. The van der Waals surface area contributed by atoms with Gasteiger partial charge in [-0.3, -0.25) is 14.4 Å². The van der Waals surface area contributed by atoms with Gasteiger partial charge in [0.1, 0.15) is 13.2 Å². The Labute approximate surface area is 385 Å². The Morgan fingerprint density at radius 3 is 1.17 bits per heavy atom. The van der Waals surface area contributed by atoms with Gasteiger partial charge in [-0.2, -0.15) is 0 Å². The third-order valence-electron chi connectivity index (χ3n) is 9.81. The summed E-state index contributed by atoms with van der Waals surface area (Å²) >= 11 is 0. The number of hydrogen-bond donors (Lipinski definition) is 0. The highest BCUT2D eigenvalue weighted by atomic mass is 16.6.